The Kier molecular flexibility index (Phi) is 3.89. The summed E-state index contributed by atoms with van der Waals surface area (Å²) < 4.78 is 13.2. The SMILES string of the molecule is CC(Nc1cc(N)ccc1C(N)=O)c1cccc(F)c1. The van der Waals surface area contributed by atoms with Gasteiger partial charge in [-0.25, -0.2) is 4.39 Å². The molecule has 0 spiro atoms. The van der Waals surface area contributed by atoms with E-state index in [1.54, 1.807) is 30.3 Å². The minimum Gasteiger partial charge on any atom is -0.399 e. The minimum absolute atomic E-state index is 0.189. The smallest absolute Gasteiger partial charge is 0.250 e. The fraction of sp³-hybridized carbons (Fsp3) is 0.133. The van der Waals surface area contributed by atoms with E-state index in [1.807, 2.05) is 6.92 Å². The average molecular weight is 273 g/mol. The number of anilines is 2. The van der Waals surface area contributed by atoms with Crippen molar-refractivity contribution in [1.29, 1.82) is 0 Å². The molecule has 1 amide bonds. The molecule has 2 aromatic rings. The Bertz CT molecular complexity index is 643. The number of nitrogen functional groups attached to an aromatic ring is 1. The maximum Gasteiger partial charge on any atom is 0.250 e. The molecular formula is C15H16FN3O. The van der Waals surface area contributed by atoms with E-state index in [0.717, 1.165) is 5.56 Å². The third kappa shape index (κ3) is 3.06. The minimum atomic E-state index is -0.543. The molecule has 0 heterocycles. The molecule has 0 bridgehead atoms. The Hall–Kier alpha value is -2.56. The van der Waals surface area contributed by atoms with Gasteiger partial charge in [0.15, 0.2) is 0 Å². The second-order valence-corrected chi connectivity index (χ2v) is 4.59. The second kappa shape index (κ2) is 5.61. The van der Waals surface area contributed by atoms with Crippen molar-refractivity contribution in [3.63, 3.8) is 0 Å². The van der Waals surface area contributed by atoms with Crippen LogP contribution in [0.25, 0.3) is 0 Å². The molecule has 104 valence electrons. The van der Waals surface area contributed by atoms with Crippen LogP contribution in [0, 0.1) is 5.82 Å². The van der Waals surface area contributed by atoms with Crippen molar-refractivity contribution in [2.45, 2.75) is 13.0 Å². The van der Waals surface area contributed by atoms with Crippen molar-refractivity contribution in [2.24, 2.45) is 5.73 Å². The summed E-state index contributed by atoms with van der Waals surface area (Å²) in [5.74, 6) is -0.849. The molecule has 1 unspecified atom stereocenters. The van der Waals surface area contributed by atoms with E-state index in [4.69, 9.17) is 11.5 Å². The van der Waals surface area contributed by atoms with Gasteiger partial charge in [-0.05, 0) is 42.8 Å². The van der Waals surface area contributed by atoms with Gasteiger partial charge in [-0.15, -0.1) is 0 Å². The molecule has 5 heteroatoms. The zero-order valence-corrected chi connectivity index (χ0v) is 11.1. The van der Waals surface area contributed by atoms with E-state index in [2.05, 4.69) is 5.32 Å². The fourth-order valence-corrected chi connectivity index (χ4v) is 1.99. The van der Waals surface area contributed by atoms with E-state index in [9.17, 15) is 9.18 Å². The summed E-state index contributed by atoms with van der Waals surface area (Å²) in [7, 11) is 0. The third-order valence-electron chi connectivity index (χ3n) is 3.03. The normalized spacial score (nSPS) is 11.9. The van der Waals surface area contributed by atoms with Gasteiger partial charge in [-0.2, -0.15) is 0 Å². The van der Waals surface area contributed by atoms with Crippen LogP contribution in [0.5, 0.6) is 0 Å². The first-order valence-electron chi connectivity index (χ1n) is 6.18. The summed E-state index contributed by atoms with van der Waals surface area (Å²) in [5.41, 5.74) is 13.2. The maximum absolute atomic E-state index is 13.2. The first-order chi connectivity index (χ1) is 9.47. The van der Waals surface area contributed by atoms with Gasteiger partial charge in [0.2, 0.25) is 0 Å². The molecule has 4 nitrogen and oxygen atoms in total. The van der Waals surface area contributed by atoms with Crippen LogP contribution in [0.3, 0.4) is 0 Å². The first kappa shape index (κ1) is 13.9. The summed E-state index contributed by atoms with van der Waals surface area (Å²) >= 11 is 0. The van der Waals surface area contributed by atoms with Crippen LogP contribution in [0.4, 0.5) is 15.8 Å². The number of hydrogen-bond acceptors (Lipinski definition) is 3. The topological polar surface area (TPSA) is 81.1 Å². The zero-order chi connectivity index (χ0) is 14.7. The van der Waals surface area contributed by atoms with Gasteiger partial charge in [-0.1, -0.05) is 12.1 Å². The molecule has 1 atom stereocenters. The van der Waals surface area contributed by atoms with Gasteiger partial charge in [0.1, 0.15) is 5.82 Å². The van der Waals surface area contributed by atoms with Crippen LogP contribution in [0.1, 0.15) is 28.9 Å². The number of hydrogen-bond donors (Lipinski definition) is 3. The number of carbonyl (C=O) groups excluding carboxylic acids is 1. The number of primary amides is 1. The molecule has 20 heavy (non-hydrogen) atoms. The standard InChI is InChI=1S/C15H16FN3O/c1-9(10-3-2-4-11(16)7-10)19-14-8-12(17)5-6-13(14)15(18)20/h2-9,19H,17H2,1H3,(H2,18,20). The number of carbonyl (C=O) groups is 1. The lowest BCUT2D eigenvalue weighted by atomic mass is 10.1. The lowest BCUT2D eigenvalue weighted by Gasteiger charge is -2.18. The Morgan fingerprint density at radius 1 is 1.25 bits per heavy atom. The summed E-state index contributed by atoms with van der Waals surface area (Å²) in [6.07, 6.45) is 0. The van der Waals surface area contributed by atoms with Crippen molar-refractivity contribution < 1.29 is 9.18 Å². The molecule has 5 N–H and O–H groups in total. The highest BCUT2D eigenvalue weighted by Gasteiger charge is 2.12. The average Bonchev–Trinajstić information content (AvgIpc) is 2.38. The van der Waals surface area contributed by atoms with Gasteiger partial charge in [0, 0.05) is 17.4 Å². The predicted octanol–water partition coefficient (Wildman–Crippen LogP) is 2.68. The van der Waals surface area contributed by atoms with Gasteiger partial charge in [0.05, 0.1) is 5.56 Å². The van der Waals surface area contributed by atoms with E-state index in [-0.39, 0.29) is 11.9 Å². The third-order valence-corrected chi connectivity index (χ3v) is 3.03. The maximum atomic E-state index is 13.2. The van der Waals surface area contributed by atoms with Crippen LogP contribution < -0.4 is 16.8 Å². The number of rotatable bonds is 4. The molecule has 0 saturated heterocycles. The van der Waals surface area contributed by atoms with Crippen molar-refractivity contribution >= 4 is 17.3 Å². The highest BCUT2D eigenvalue weighted by Crippen LogP contribution is 2.24. The number of halogens is 1. The summed E-state index contributed by atoms with van der Waals surface area (Å²) in [6.45, 7) is 1.86. The molecule has 2 aromatic carbocycles. The highest BCUT2D eigenvalue weighted by molar-refractivity contribution is 5.99. The second-order valence-electron chi connectivity index (χ2n) is 4.59. The number of nitrogens with two attached hydrogens (primary N) is 2. The van der Waals surface area contributed by atoms with Crippen molar-refractivity contribution in [3.8, 4) is 0 Å². The first-order valence-corrected chi connectivity index (χ1v) is 6.18. The summed E-state index contributed by atoms with van der Waals surface area (Å²) in [5, 5.41) is 3.13. The molecule has 0 fully saturated rings. The zero-order valence-electron chi connectivity index (χ0n) is 11.1. The summed E-state index contributed by atoms with van der Waals surface area (Å²) in [6, 6.07) is 10.9. The van der Waals surface area contributed by atoms with E-state index in [1.165, 1.54) is 12.1 Å². The molecule has 0 radical (unpaired) electrons. The lowest BCUT2D eigenvalue weighted by Crippen LogP contribution is -2.16. The van der Waals surface area contributed by atoms with Crippen molar-refractivity contribution in [3.05, 3.63) is 59.4 Å². The van der Waals surface area contributed by atoms with Crippen LogP contribution in [-0.4, -0.2) is 5.91 Å². The van der Waals surface area contributed by atoms with Crippen molar-refractivity contribution in [1.82, 2.24) is 0 Å². The highest BCUT2D eigenvalue weighted by atomic mass is 19.1. The Morgan fingerprint density at radius 3 is 2.65 bits per heavy atom. The van der Waals surface area contributed by atoms with Crippen LogP contribution >= 0.6 is 0 Å². The van der Waals surface area contributed by atoms with Gasteiger partial charge >= 0.3 is 0 Å². The summed E-state index contributed by atoms with van der Waals surface area (Å²) in [4.78, 5) is 11.4. The number of benzene rings is 2. The van der Waals surface area contributed by atoms with Gasteiger partial charge < -0.3 is 16.8 Å². The number of nitrogens with one attached hydrogen (secondary N) is 1. The van der Waals surface area contributed by atoms with Crippen molar-refractivity contribution in [2.75, 3.05) is 11.1 Å². The molecule has 0 aromatic heterocycles. The largest absolute Gasteiger partial charge is 0.399 e. The predicted molar refractivity (Wildman–Crippen MR) is 77.8 cm³/mol. The Balaban J connectivity index is 2.29. The molecule has 0 aliphatic heterocycles. The van der Waals surface area contributed by atoms with Gasteiger partial charge in [0.25, 0.3) is 5.91 Å². The molecule has 2 rings (SSSR count). The van der Waals surface area contributed by atoms with Gasteiger partial charge in [-0.3, -0.25) is 4.79 Å². The Labute approximate surface area is 116 Å². The van der Waals surface area contributed by atoms with Crippen LogP contribution in [-0.2, 0) is 0 Å². The molecule has 0 aliphatic rings. The number of amides is 1. The molecule has 0 saturated carbocycles. The van der Waals surface area contributed by atoms with E-state index >= 15 is 0 Å². The van der Waals surface area contributed by atoms with E-state index in [0.29, 0.717) is 16.9 Å². The fourth-order valence-electron chi connectivity index (χ4n) is 1.99. The quantitative estimate of drug-likeness (QED) is 0.749. The molecule has 0 aliphatic carbocycles. The van der Waals surface area contributed by atoms with Crippen LogP contribution in [0.15, 0.2) is 42.5 Å². The lowest BCUT2D eigenvalue weighted by molar-refractivity contribution is 0.100. The Morgan fingerprint density at radius 2 is 2.00 bits per heavy atom. The monoisotopic (exact) mass is 273 g/mol. The van der Waals surface area contributed by atoms with Crippen LogP contribution in [0.2, 0.25) is 0 Å². The van der Waals surface area contributed by atoms with E-state index < -0.39 is 5.91 Å². The molecular weight excluding hydrogens is 257 g/mol.